The Kier molecular flexibility index (Phi) is 3.99. The van der Waals surface area contributed by atoms with Gasteiger partial charge in [-0.25, -0.2) is 4.79 Å². The molecule has 0 aliphatic heterocycles. The molecule has 0 aliphatic rings. The predicted octanol–water partition coefficient (Wildman–Crippen LogP) is 2.22. The van der Waals surface area contributed by atoms with Crippen LogP contribution in [0, 0.1) is 6.92 Å². The maximum atomic E-state index is 11.7. The maximum absolute atomic E-state index is 11.7. The van der Waals surface area contributed by atoms with Crippen molar-refractivity contribution in [1.82, 2.24) is 9.13 Å². The lowest BCUT2D eigenvalue weighted by Gasteiger charge is -2.05. The van der Waals surface area contributed by atoms with E-state index in [0.29, 0.717) is 0 Å². The zero-order valence-electron chi connectivity index (χ0n) is 11.4. The first-order valence-corrected chi connectivity index (χ1v) is 5.76. The van der Waals surface area contributed by atoms with Gasteiger partial charge in [0, 0.05) is 14.1 Å². The van der Waals surface area contributed by atoms with Crippen molar-refractivity contribution in [2.75, 3.05) is 7.11 Å². The molecule has 1 aromatic carbocycles. The number of methoxy groups -OCH3 is 1. The van der Waals surface area contributed by atoms with E-state index < -0.39 is 0 Å². The first-order chi connectivity index (χ1) is 8.06. The first kappa shape index (κ1) is 13.4. The Hall–Kier alpha value is -1.71. The largest absolute Gasteiger partial charge is 0.494 e. The lowest BCUT2D eigenvalue weighted by molar-refractivity contribution is 0.417. The summed E-state index contributed by atoms with van der Waals surface area (Å²) in [6.07, 6.45) is 0. The second-order valence-electron chi connectivity index (χ2n) is 3.74. The second-order valence-corrected chi connectivity index (χ2v) is 3.74. The van der Waals surface area contributed by atoms with Gasteiger partial charge in [0.05, 0.1) is 12.6 Å². The van der Waals surface area contributed by atoms with Crippen molar-refractivity contribution in [1.29, 1.82) is 0 Å². The number of benzene rings is 1. The summed E-state index contributed by atoms with van der Waals surface area (Å²) in [5.74, 6) is 0.741. The van der Waals surface area contributed by atoms with E-state index in [1.807, 2.05) is 32.9 Å². The van der Waals surface area contributed by atoms with E-state index >= 15 is 0 Å². The molecule has 2 rings (SSSR count). The van der Waals surface area contributed by atoms with Crippen LogP contribution in [0.4, 0.5) is 0 Å². The van der Waals surface area contributed by atoms with Crippen molar-refractivity contribution in [3.05, 3.63) is 28.2 Å². The van der Waals surface area contributed by atoms with Crippen molar-refractivity contribution >= 4 is 11.0 Å². The quantitative estimate of drug-likeness (QED) is 0.761. The Bertz CT molecular complexity index is 579. The zero-order valence-corrected chi connectivity index (χ0v) is 11.4. The van der Waals surface area contributed by atoms with Crippen molar-refractivity contribution in [3.63, 3.8) is 0 Å². The summed E-state index contributed by atoms with van der Waals surface area (Å²) in [5.41, 5.74) is 2.80. The molecule has 1 aromatic heterocycles. The Morgan fingerprint density at radius 1 is 1.12 bits per heavy atom. The molecule has 94 valence electrons. The molecule has 1 heterocycles. The average Bonchev–Trinajstić information content (AvgIpc) is 2.56. The minimum Gasteiger partial charge on any atom is -0.494 e. The maximum Gasteiger partial charge on any atom is 0.328 e. The van der Waals surface area contributed by atoms with Gasteiger partial charge < -0.3 is 4.74 Å². The fourth-order valence-corrected chi connectivity index (χ4v) is 1.90. The molecule has 0 bridgehead atoms. The van der Waals surface area contributed by atoms with Crippen molar-refractivity contribution in [3.8, 4) is 5.75 Å². The minimum absolute atomic E-state index is 0.0334. The normalized spacial score (nSPS) is 10.0. The smallest absolute Gasteiger partial charge is 0.328 e. The predicted molar refractivity (Wildman–Crippen MR) is 70.8 cm³/mol. The summed E-state index contributed by atoms with van der Waals surface area (Å²) in [6, 6.07) is 3.92. The van der Waals surface area contributed by atoms with Gasteiger partial charge in [-0.05, 0) is 24.6 Å². The van der Waals surface area contributed by atoms with E-state index in [4.69, 9.17) is 4.74 Å². The van der Waals surface area contributed by atoms with Crippen LogP contribution in [-0.4, -0.2) is 16.2 Å². The van der Waals surface area contributed by atoms with Crippen LogP contribution in [0.1, 0.15) is 19.4 Å². The molecule has 17 heavy (non-hydrogen) atoms. The molecule has 0 N–H and O–H groups in total. The van der Waals surface area contributed by atoms with Gasteiger partial charge in [-0.15, -0.1) is 0 Å². The lowest BCUT2D eigenvalue weighted by atomic mass is 10.2. The fraction of sp³-hybridized carbons (Fsp3) is 0.462. The molecule has 4 nitrogen and oxygen atoms in total. The van der Waals surface area contributed by atoms with Crippen LogP contribution < -0.4 is 10.4 Å². The molecule has 0 saturated carbocycles. The van der Waals surface area contributed by atoms with Gasteiger partial charge in [-0.3, -0.25) is 9.13 Å². The third-order valence-corrected chi connectivity index (χ3v) is 2.69. The third-order valence-electron chi connectivity index (χ3n) is 2.69. The van der Waals surface area contributed by atoms with E-state index in [0.717, 1.165) is 22.3 Å². The summed E-state index contributed by atoms with van der Waals surface area (Å²) in [4.78, 5) is 11.7. The number of ether oxygens (including phenoxy) is 1. The number of rotatable bonds is 1. The van der Waals surface area contributed by atoms with Crippen molar-refractivity contribution < 1.29 is 4.74 Å². The number of aromatic nitrogens is 2. The van der Waals surface area contributed by atoms with Crippen LogP contribution in [0.2, 0.25) is 0 Å². The van der Waals surface area contributed by atoms with Crippen LogP contribution in [0.5, 0.6) is 5.75 Å². The molecule has 2 aromatic rings. The molecule has 0 unspecified atom stereocenters. The number of hydrogen-bond acceptors (Lipinski definition) is 2. The highest BCUT2D eigenvalue weighted by Gasteiger charge is 2.12. The molecular weight excluding hydrogens is 216 g/mol. The summed E-state index contributed by atoms with van der Waals surface area (Å²) < 4.78 is 8.52. The Balaban J connectivity index is 0.000000686. The van der Waals surface area contributed by atoms with Gasteiger partial charge in [0.1, 0.15) is 11.3 Å². The van der Waals surface area contributed by atoms with Crippen LogP contribution in [-0.2, 0) is 14.1 Å². The molecule has 0 fully saturated rings. The monoisotopic (exact) mass is 236 g/mol. The lowest BCUT2D eigenvalue weighted by Crippen LogP contribution is -2.19. The average molecular weight is 236 g/mol. The molecule has 0 spiro atoms. The number of aryl methyl sites for hydroxylation is 3. The van der Waals surface area contributed by atoms with Crippen LogP contribution in [0.3, 0.4) is 0 Å². The standard InChI is InChI=1S/C11H14N2O2.C2H6/c1-7-5-8-10(9(6-7)15-4)13(3)11(14)12(8)2;1-2/h5-6H,1-4H3;1-2H3. The van der Waals surface area contributed by atoms with Gasteiger partial charge in [0.15, 0.2) is 0 Å². The van der Waals surface area contributed by atoms with E-state index in [-0.39, 0.29) is 5.69 Å². The topological polar surface area (TPSA) is 36.2 Å². The number of nitrogens with zero attached hydrogens (tertiary/aromatic N) is 2. The summed E-state index contributed by atoms with van der Waals surface area (Å²) in [7, 11) is 5.14. The molecule has 0 saturated heterocycles. The van der Waals surface area contributed by atoms with E-state index in [2.05, 4.69) is 0 Å². The van der Waals surface area contributed by atoms with Gasteiger partial charge in [-0.1, -0.05) is 13.8 Å². The highest BCUT2D eigenvalue weighted by molar-refractivity contribution is 5.83. The van der Waals surface area contributed by atoms with Crippen LogP contribution in [0.25, 0.3) is 11.0 Å². The summed E-state index contributed by atoms with van der Waals surface area (Å²) >= 11 is 0. The Morgan fingerprint density at radius 3 is 2.24 bits per heavy atom. The molecule has 0 radical (unpaired) electrons. The highest BCUT2D eigenvalue weighted by Crippen LogP contribution is 2.25. The Morgan fingerprint density at radius 2 is 1.71 bits per heavy atom. The van der Waals surface area contributed by atoms with Gasteiger partial charge in [0.2, 0.25) is 0 Å². The Labute approximate surface area is 101 Å². The van der Waals surface area contributed by atoms with Crippen molar-refractivity contribution in [2.24, 2.45) is 14.1 Å². The molecule has 0 atom stereocenters. The van der Waals surface area contributed by atoms with Gasteiger partial charge in [-0.2, -0.15) is 0 Å². The summed E-state index contributed by atoms with van der Waals surface area (Å²) in [5, 5.41) is 0. The minimum atomic E-state index is -0.0334. The van der Waals surface area contributed by atoms with E-state index in [9.17, 15) is 4.79 Å². The van der Waals surface area contributed by atoms with Gasteiger partial charge >= 0.3 is 5.69 Å². The zero-order chi connectivity index (χ0) is 13.2. The number of imidazole rings is 1. The molecule has 0 aliphatic carbocycles. The van der Waals surface area contributed by atoms with Gasteiger partial charge in [0.25, 0.3) is 0 Å². The number of fused-ring (bicyclic) bond motifs is 1. The highest BCUT2D eigenvalue weighted by atomic mass is 16.5. The van der Waals surface area contributed by atoms with E-state index in [1.165, 1.54) is 0 Å². The number of hydrogen-bond donors (Lipinski definition) is 0. The van der Waals surface area contributed by atoms with Crippen LogP contribution in [0.15, 0.2) is 16.9 Å². The van der Waals surface area contributed by atoms with E-state index in [1.54, 1.807) is 30.3 Å². The SMILES string of the molecule is CC.COc1cc(C)cc2c1n(C)c(=O)n2C. The molecule has 4 heteroatoms. The first-order valence-electron chi connectivity index (χ1n) is 5.76. The third kappa shape index (κ3) is 2.07. The molecular formula is C13H20N2O2. The van der Waals surface area contributed by atoms with Crippen molar-refractivity contribution in [2.45, 2.75) is 20.8 Å². The summed E-state index contributed by atoms with van der Waals surface area (Å²) in [6.45, 7) is 5.99. The molecule has 0 amide bonds. The van der Waals surface area contributed by atoms with Crippen LogP contribution >= 0.6 is 0 Å². The fourth-order valence-electron chi connectivity index (χ4n) is 1.90. The second kappa shape index (κ2) is 5.08.